The molecule has 3 aromatic rings. The van der Waals surface area contributed by atoms with Crippen molar-refractivity contribution < 1.29 is 22.3 Å². The summed E-state index contributed by atoms with van der Waals surface area (Å²) in [7, 11) is 1.33. The Morgan fingerprint density at radius 1 is 1.23 bits per heavy atom. The van der Waals surface area contributed by atoms with Crippen molar-refractivity contribution >= 4 is 0 Å². The van der Waals surface area contributed by atoms with Gasteiger partial charge in [-0.25, -0.2) is 9.49 Å². The lowest BCUT2D eigenvalue weighted by Gasteiger charge is -2.09. The van der Waals surface area contributed by atoms with Crippen molar-refractivity contribution in [3.63, 3.8) is 0 Å². The van der Waals surface area contributed by atoms with Crippen LogP contribution in [0.25, 0.3) is 11.1 Å². The van der Waals surface area contributed by atoms with Crippen molar-refractivity contribution in [3.8, 4) is 16.9 Å². The fraction of sp³-hybridized carbons (Fsp3) is 0.188. The molecular weight excluding hydrogens is 356 g/mol. The Labute approximate surface area is 144 Å². The molecule has 0 radical (unpaired) electrons. The van der Waals surface area contributed by atoms with Crippen LogP contribution >= 0.6 is 0 Å². The monoisotopic (exact) mass is 368 g/mol. The molecule has 0 aliphatic carbocycles. The van der Waals surface area contributed by atoms with E-state index in [1.165, 1.54) is 36.4 Å². The van der Waals surface area contributed by atoms with E-state index < -0.39 is 23.1 Å². The van der Waals surface area contributed by atoms with E-state index in [-0.39, 0.29) is 17.9 Å². The molecule has 0 spiro atoms. The van der Waals surface area contributed by atoms with Crippen LogP contribution in [0.15, 0.2) is 41.6 Å². The standard InChI is InChI=1S/C16H12F4N4O2/c1-26-14-11(5-21-23-15(14)25)8-24-7-10(6-22-24)9-2-3-13(17)12(4-9)16(18,19)20/h2-7H,8H2,1H3,(H,23,25). The Morgan fingerprint density at radius 3 is 2.69 bits per heavy atom. The molecule has 1 N–H and O–H groups in total. The molecule has 0 fully saturated rings. The number of nitrogens with zero attached hydrogens (tertiary/aromatic N) is 3. The van der Waals surface area contributed by atoms with Crippen molar-refractivity contribution in [2.24, 2.45) is 0 Å². The van der Waals surface area contributed by atoms with E-state index in [1.54, 1.807) is 0 Å². The Morgan fingerprint density at radius 2 is 2.00 bits per heavy atom. The van der Waals surface area contributed by atoms with Crippen LogP contribution in [-0.4, -0.2) is 27.1 Å². The zero-order valence-corrected chi connectivity index (χ0v) is 13.3. The highest BCUT2D eigenvalue weighted by Crippen LogP contribution is 2.34. The maximum absolute atomic E-state index is 13.4. The molecule has 2 aromatic heterocycles. The molecule has 6 nitrogen and oxygen atoms in total. The molecule has 26 heavy (non-hydrogen) atoms. The predicted octanol–water partition coefficient (Wildman–Crippen LogP) is 2.85. The molecule has 0 bridgehead atoms. The number of methoxy groups -OCH3 is 1. The first-order valence-corrected chi connectivity index (χ1v) is 7.29. The Balaban J connectivity index is 1.92. The van der Waals surface area contributed by atoms with E-state index in [2.05, 4.69) is 15.3 Å². The number of nitrogens with one attached hydrogen (secondary N) is 1. The van der Waals surface area contributed by atoms with E-state index in [1.807, 2.05) is 0 Å². The second kappa shape index (κ2) is 6.62. The maximum Gasteiger partial charge on any atom is 0.419 e. The van der Waals surface area contributed by atoms with Crippen molar-refractivity contribution in [1.29, 1.82) is 0 Å². The van der Waals surface area contributed by atoms with Gasteiger partial charge in [0.05, 0.1) is 31.6 Å². The molecule has 0 atom stereocenters. The van der Waals surface area contributed by atoms with Crippen LogP contribution in [0.4, 0.5) is 17.6 Å². The second-order valence-corrected chi connectivity index (χ2v) is 5.38. The number of benzene rings is 1. The second-order valence-electron chi connectivity index (χ2n) is 5.38. The Hall–Kier alpha value is -3.17. The minimum absolute atomic E-state index is 0.0678. The van der Waals surface area contributed by atoms with Gasteiger partial charge in [0.25, 0.3) is 0 Å². The van der Waals surface area contributed by atoms with Crippen LogP contribution in [0.1, 0.15) is 11.1 Å². The summed E-state index contributed by atoms with van der Waals surface area (Å²) in [4.78, 5) is 11.6. The Bertz CT molecular complexity index is 994. The molecule has 0 unspecified atom stereocenters. The molecule has 0 saturated carbocycles. The summed E-state index contributed by atoms with van der Waals surface area (Å²) < 4.78 is 58.4. The summed E-state index contributed by atoms with van der Waals surface area (Å²) in [6, 6.07) is 2.73. The quantitative estimate of drug-likeness (QED) is 0.719. The average Bonchev–Trinajstić information content (AvgIpc) is 3.03. The van der Waals surface area contributed by atoms with Crippen LogP contribution in [0.2, 0.25) is 0 Å². The van der Waals surface area contributed by atoms with Crippen molar-refractivity contribution in [2.45, 2.75) is 12.7 Å². The summed E-state index contributed by atoms with van der Waals surface area (Å²) in [5.74, 6) is -1.27. The molecule has 0 amide bonds. The molecule has 3 rings (SSSR count). The summed E-state index contributed by atoms with van der Waals surface area (Å²) in [5, 5.41) is 9.96. The van der Waals surface area contributed by atoms with Crippen molar-refractivity contribution in [3.05, 3.63) is 64.1 Å². The zero-order chi connectivity index (χ0) is 18.9. The van der Waals surface area contributed by atoms with Gasteiger partial charge in [-0.15, -0.1) is 0 Å². The SMILES string of the molecule is COc1c(Cn2cc(-c3ccc(F)c(C(F)(F)F)c3)cn2)cn[nH]c1=O. The lowest BCUT2D eigenvalue weighted by atomic mass is 10.1. The minimum atomic E-state index is -4.79. The number of aromatic amines is 1. The lowest BCUT2D eigenvalue weighted by molar-refractivity contribution is -0.139. The first-order chi connectivity index (χ1) is 12.3. The van der Waals surface area contributed by atoms with Gasteiger partial charge >= 0.3 is 11.7 Å². The predicted molar refractivity (Wildman–Crippen MR) is 83.1 cm³/mol. The highest BCUT2D eigenvalue weighted by molar-refractivity contribution is 5.63. The zero-order valence-electron chi connectivity index (χ0n) is 13.3. The molecule has 2 heterocycles. The average molecular weight is 368 g/mol. The number of aromatic nitrogens is 4. The molecule has 0 aliphatic heterocycles. The molecule has 0 aliphatic rings. The van der Waals surface area contributed by atoms with Gasteiger partial charge in [-0.05, 0) is 17.7 Å². The summed E-state index contributed by atoms with van der Waals surface area (Å²) in [6.07, 6.45) is -0.573. The number of alkyl halides is 3. The van der Waals surface area contributed by atoms with E-state index in [4.69, 9.17) is 4.74 Å². The number of H-pyrrole nitrogens is 1. The first-order valence-electron chi connectivity index (χ1n) is 7.29. The maximum atomic E-state index is 13.4. The number of halogens is 4. The van der Waals surface area contributed by atoms with E-state index in [9.17, 15) is 22.4 Å². The molecule has 1 aromatic carbocycles. The van der Waals surface area contributed by atoms with E-state index in [0.29, 0.717) is 11.1 Å². The van der Waals surface area contributed by atoms with Gasteiger partial charge < -0.3 is 4.74 Å². The number of rotatable bonds is 4. The summed E-state index contributed by atoms with van der Waals surface area (Å²) in [5.41, 5.74) is -0.872. The molecule has 136 valence electrons. The first kappa shape index (κ1) is 17.6. The number of ether oxygens (including phenoxy) is 1. The van der Waals surface area contributed by atoms with E-state index >= 15 is 0 Å². The topological polar surface area (TPSA) is 72.8 Å². The van der Waals surface area contributed by atoms with Crippen molar-refractivity contribution in [1.82, 2.24) is 20.0 Å². The van der Waals surface area contributed by atoms with Gasteiger partial charge in [0.1, 0.15) is 5.82 Å². The third kappa shape index (κ3) is 3.44. The van der Waals surface area contributed by atoms with Crippen LogP contribution in [0.3, 0.4) is 0 Å². The van der Waals surface area contributed by atoms with Gasteiger partial charge in [-0.1, -0.05) is 6.07 Å². The third-order valence-corrected chi connectivity index (χ3v) is 3.66. The summed E-state index contributed by atoms with van der Waals surface area (Å²) >= 11 is 0. The van der Waals surface area contributed by atoms with Gasteiger partial charge in [0.2, 0.25) is 0 Å². The molecule has 0 saturated heterocycles. The number of hydrogen-bond acceptors (Lipinski definition) is 4. The van der Waals surface area contributed by atoms with Crippen LogP contribution in [-0.2, 0) is 12.7 Å². The fourth-order valence-electron chi connectivity index (χ4n) is 2.46. The fourth-order valence-corrected chi connectivity index (χ4v) is 2.46. The lowest BCUT2D eigenvalue weighted by Crippen LogP contribution is -2.15. The van der Waals surface area contributed by atoms with Crippen LogP contribution in [0.5, 0.6) is 5.75 Å². The molecule has 10 heteroatoms. The van der Waals surface area contributed by atoms with Crippen molar-refractivity contribution in [2.75, 3.05) is 7.11 Å². The highest BCUT2D eigenvalue weighted by atomic mass is 19.4. The van der Waals surface area contributed by atoms with Gasteiger partial charge in [-0.2, -0.15) is 23.4 Å². The van der Waals surface area contributed by atoms with Crippen LogP contribution in [0, 0.1) is 5.82 Å². The third-order valence-electron chi connectivity index (χ3n) is 3.66. The van der Waals surface area contributed by atoms with Gasteiger partial charge in [-0.3, -0.25) is 9.48 Å². The summed E-state index contributed by atoms with van der Waals surface area (Å²) in [6.45, 7) is 0.118. The minimum Gasteiger partial charge on any atom is -0.491 e. The number of hydrogen-bond donors (Lipinski definition) is 1. The van der Waals surface area contributed by atoms with Gasteiger partial charge in [0, 0.05) is 17.3 Å². The normalized spacial score (nSPS) is 11.6. The van der Waals surface area contributed by atoms with Gasteiger partial charge in [0.15, 0.2) is 5.75 Å². The van der Waals surface area contributed by atoms with E-state index in [0.717, 1.165) is 12.1 Å². The smallest absolute Gasteiger partial charge is 0.419 e. The Kier molecular flexibility index (Phi) is 4.49. The van der Waals surface area contributed by atoms with Crippen LogP contribution < -0.4 is 10.3 Å². The largest absolute Gasteiger partial charge is 0.491 e. The molecular formula is C16H12F4N4O2. The highest BCUT2D eigenvalue weighted by Gasteiger charge is 2.34.